The third-order valence-corrected chi connectivity index (χ3v) is 5.56. The van der Waals surface area contributed by atoms with Gasteiger partial charge in [-0.1, -0.05) is 0 Å². The van der Waals surface area contributed by atoms with Crippen LogP contribution in [0.1, 0.15) is 31.5 Å². The van der Waals surface area contributed by atoms with Crippen LogP contribution in [-0.4, -0.2) is 43.9 Å². The highest BCUT2D eigenvalue weighted by molar-refractivity contribution is 8.00. The second-order valence-electron chi connectivity index (χ2n) is 6.44. The van der Waals surface area contributed by atoms with Crippen molar-refractivity contribution in [3.63, 3.8) is 0 Å². The van der Waals surface area contributed by atoms with Gasteiger partial charge in [-0.2, -0.15) is 10.1 Å². The fourth-order valence-corrected chi connectivity index (χ4v) is 3.75. The summed E-state index contributed by atoms with van der Waals surface area (Å²) in [6.45, 7) is 3.69. The summed E-state index contributed by atoms with van der Waals surface area (Å²) in [4.78, 5) is 28.1. The average molecular weight is 427 g/mol. The van der Waals surface area contributed by atoms with Crippen LogP contribution >= 0.6 is 24.2 Å². The minimum atomic E-state index is -0.446. The third-order valence-electron chi connectivity index (χ3n) is 4.45. The molecule has 28 heavy (non-hydrogen) atoms. The molecule has 11 heteroatoms. The quantitative estimate of drug-likeness (QED) is 0.414. The van der Waals surface area contributed by atoms with Crippen molar-refractivity contribution in [2.45, 2.75) is 35.8 Å². The van der Waals surface area contributed by atoms with Crippen molar-refractivity contribution in [3.05, 3.63) is 40.2 Å². The molecule has 1 aromatic heterocycles. The lowest BCUT2D eigenvalue weighted by molar-refractivity contribution is -0.384. The normalized spacial score (nSPS) is 15.5. The summed E-state index contributed by atoms with van der Waals surface area (Å²) in [5, 5.41) is 20.9. The van der Waals surface area contributed by atoms with Gasteiger partial charge in [-0.15, -0.1) is 24.2 Å². The number of nitrogens with zero attached hydrogens (tertiary/aromatic N) is 4. The minimum absolute atomic E-state index is 0. The van der Waals surface area contributed by atoms with Gasteiger partial charge in [0.25, 0.3) is 5.69 Å². The first-order chi connectivity index (χ1) is 12.9. The summed E-state index contributed by atoms with van der Waals surface area (Å²) in [5.41, 5.74) is 0.0287. The Balaban J connectivity index is 0.00000280. The van der Waals surface area contributed by atoms with Gasteiger partial charge in [-0.3, -0.25) is 20.2 Å². The van der Waals surface area contributed by atoms with Crippen LogP contribution in [0.5, 0.6) is 0 Å². The summed E-state index contributed by atoms with van der Waals surface area (Å²) in [7, 11) is 1.77. The fraction of sp³-hybridized carbons (Fsp3) is 0.471. The lowest BCUT2D eigenvalue weighted by Crippen LogP contribution is -2.27. The van der Waals surface area contributed by atoms with E-state index in [2.05, 4.69) is 20.7 Å². The number of amides is 1. The number of anilines is 1. The van der Waals surface area contributed by atoms with Crippen LogP contribution in [0.3, 0.4) is 0 Å². The number of carbonyl (C=O) groups is 1. The molecule has 3 rings (SSSR count). The number of rotatable bonds is 6. The molecule has 1 amide bonds. The Bertz CT molecular complexity index is 823. The molecule has 2 heterocycles. The van der Waals surface area contributed by atoms with Crippen molar-refractivity contribution in [1.82, 2.24) is 20.1 Å². The maximum absolute atomic E-state index is 12.5. The van der Waals surface area contributed by atoms with Gasteiger partial charge in [-0.25, -0.2) is 4.68 Å². The van der Waals surface area contributed by atoms with Gasteiger partial charge in [0.2, 0.25) is 11.9 Å². The molecule has 0 bridgehead atoms. The first-order valence-electron chi connectivity index (χ1n) is 8.77. The number of piperidine rings is 1. The Kier molecular flexibility index (Phi) is 7.78. The van der Waals surface area contributed by atoms with E-state index in [-0.39, 0.29) is 29.3 Å². The highest BCUT2D eigenvalue weighted by Crippen LogP contribution is 2.27. The zero-order chi connectivity index (χ0) is 19.4. The van der Waals surface area contributed by atoms with E-state index in [9.17, 15) is 14.9 Å². The van der Waals surface area contributed by atoms with Crippen LogP contribution in [0.2, 0.25) is 0 Å². The lowest BCUT2D eigenvalue weighted by Gasteiger charge is -2.19. The van der Waals surface area contributed by atoms with E-state index in [1.54, 1.807) is 30.8 Å². The highest BCUT2D eigenvalue weighted by atomic mass is 35.5. The number of aromatic nitrogens is 3. The maximum atomic E-state index is 12.5. The number of nitro benzene ring substituents is 1. The predicted molar refractivity (Wildman–Crippen MR) is 110 cm³/mol. The molecule has 0 saturated carbocycles. The largest absolute Gasteiger partial charge is 0.317 e. The van der Waals surface area contributed by atoms with E-state index < -0.39 is 4.92 Å². The zero-order valence-corrected chi connectivity index (χ0v) is 17.3. The molecular weight excluding hydrogens is 404 g/mol. The molecule has 0 aliphatic carbocycles. The third kappa shape index (κ3) is 5.43. The predicted octanol–water partition coefficient (Wildman–Crippen LogP) is 2.73. The number of aryl methyl sites for hydroxylation is 1. The van der Waals surface area contributed by atoms with Gasteiger partial charge in [0.1, 0.15) is 0 Å². The number of halogens is 1. The van der Waals surface area contributed by atoms with Crippen molar-refractivity contribution in [2.75, 3.05) is 18.4 Å². The average Bonchev–Trinajstić information content (AvgIpc) is 3.03. The van der Waals surface area contributed by atoms with Crippen molar-refractivity contribution in [1.29, 1.82) is 0 Å². The van der Waals surface area contributed by atoms with Gasteiger partial charge in [0, 0.05) is 30.0 Å². The summed E-state index contributed by atoms with van der Waals surface area (Å²) in [6.07, 6.45) is 1.98. The number of hydrogen-bond donors (Lipinski definition) is 2. The number of thioether (sulfide) groups is 1. The van der Waals surface area contributed by atoms with E-state index in [0.717, 1.165) is 36.7 Å². The van der Waals surface area contributed by atoms with Crippen LogP contribution in [0.25, 0.3) is 0 Å². The van der Waals surface area contributed by atoms with Crippen molar-refractivity contribution in [3.8, 4) is 0 Å². The van der Waals surface area contributed by atoms with Gasteiger partial charge >= 0.3 is 0 Å². The van der Waals surface area contributed by atoms with Crippen LogP contribution in [-0.2, 0) is 11.8 Å². The van der Waals surface area contributed by atoms with E-state index >= 15 is 0 Å². The van der Waals surface area contributed by atoms with Gasteiger partial charge in [0.05, 0.1) is 10.2 Å². The second-order valence-corrected chi connectivity index (χ2v) is 7.86. The standard InChI is InChI=1S/C17H22N6O3S.ClH/c1-11(27-14-5-3-13(4-6-14)23(25)26)16(24)20-17-19-15(21-22(17)2)12-7-9-18-10-8-12;/h3-6,11-12,18H,7-10H2,1-2H3,(H,19,20,21,24);1H. The molecule has 0 radical (unpaired) electrons. The first kappa shape index (κ1) is 22.1. The number of nitro groups is 1. The summed E-state index contributed by atoms with van der Waals surface area (Å²) < 4.78 is 1.60. The smallest absolute Gasteiger partial charge is 0.269 e. The molecule has 1 atom stereocenters. The molecule has 1 saturated heterocycles. The van der Waals surface area contributed by atoms with E-state index in [0.29, 0.717) is 11.9 Å². The lowest BCUT2D eigenvalue weighted by atomic mass is 9.98. The van der Waals surface area contributed by atoms with Crippen LogP contribution in [0.15, 0.2) is 29.2 Å². The minimum Gasteiger partial charge on any atom is -0.317 e. The topological polar surface area (TPSA) is 115 Å². The number of nitrogens with one attached hydrogen (secondary N) is 2. The molecule has 1 aliphatic heterocycles. The van der Waals surface area contributed by atoms with Crippen LogP contribution in [0.4, 0.5) is 11.6 Å². The van der Waals surface area contributed by atoms with Gasteiger partial charge < -0.3 is 5.32 Å². The Labute approximate surface area is 173 Å². The first-order valence-corrected chi connectivity index (χ1v) is 9.65. The summed E-state index contributed by atoms with van der Waals surface area (Å²) in [5.74, 6) is 1.33. The monoisotopic (exact) mass is 426 g/mol. The molecule has 2 N–H and O–H groups in total. The highest BCUT2D eigenvalue weighted by Gasteiger charge is 2.22. The van der Waals surface area contributed by atoms with E-state index in [1.165, 1.54) is 23.9 Å². The Morgan fingerprint density at radius 3 is 2.61 bits per heavy atom. The molecular formula is C17H23ClN6O3S. The fourth-order valence-electron chi connectivity index (χ4n) is 2.88. The van der Waals surface area contributed by atoms with Crippen LogP contribution in [0, 0.1) is 10.1 Å². The number of non-ortho nitro benzene ring substituents is 1. The number of carbonyl (C=O) groups excluding carboxylic acids is 1. The molecule has 1 unspecified atom stereocenters. The molecule has 152 valence electrons. The van der Waals surface area contributed by atoms with E-state index in [4.69, 9.17) is 0 Å². The summed E-state index contributed by atoms with van der Waals surface area (Å²) in [6, 6.07) is 6.15. The Morgan fingerprint density at radius 1 is 1.36 bits per heavy atom. The second kappa shape index (κ2) is 9.85. The van der Waals surface area contributed by atoms with Gasteiger partial charge in [0.15, 0.2) is 5.82 Å². The van der Waals surface area contributed by atoms with E-state index in [1.807, 2.05) is 0 Å². The molecule has 0 spiro atoms. The Hall–Kier alpha value is -2.17. The van der Waals surface area contributed by atoms with Crippen molar-refractivity contribution >= 4 is 41.7 Å². The summed E-state index contributed by atoms with van der Waals surface area (Å²) >= 11 is 1.33. The van der Waals surface area contributed by atoms with Gasteiger partial charge in [-0.05, 0) is 45.0 Å². The maximum Gasteiger partial charge on any atom is 0.269 e. The number of hydrogen-bond acceptors (Lipinski definition) is 7. The van der Waals surface area contributed by atoms with Crippen molar-refractivity contribution in [2.24, 2.45) is 7.05 Å². The molecule has 1 aliphatic rings. The SMILES string of the molecule is CC(Sc1ccc([N+](=O)[O-])cc1)C(=O)Nc1nc(C2CCNCC2)nn1C.Cl. The zero-order valence-electron chi connectivity index (χ0n) is 15.6. The molecule has 1 aromatic carbocycles. The molecule has 2 aromatic rings. The molecule has 9 nitrogen and oxygen atoms in total. The molecule has 1 fully saturated rings. The number of benzene rings is 1. The Morgan fingerprint density at radius 2 is 2.00 bits per heavy atom. The van der Waals surface area contributed by atoms with Crippen LogP contribution < -0.4 is 10.6 Å². The van der Waals surface area contributed by atoms with Crippen molar-refractivity contribution < 1.29 is 9.72 Å².